The van der Waals surface area contributed by atoms with Crippen LogP contribution < -0.4 is 16.4 Å². The van der Waals surface area contributed by atoms with E-state index in [1.807, 2.05) is 0 Å². The van der Waals surface area contributed by atoms with Crippen molar-refractivity contribution >= 4 is 35.5 Å². The van der Waals surface area contributed by atoms with Crippen LogP contribution in [0.5, 0.6) is 0 Å². The van der Waals surface area contributed by atoms with Gasteiger partial charge in [-0.1, -0.05) is 12.1 Å². The molecule has 1 aromatic rings. The summed E-state index contributed by atoms with van der Waals surface area (Å²) in [7, 11) is 0. The van der Waals surface area contributed by atoms with Crippen molar-refractivity contribution in [1.29, 1.82) is 0 Å². The summed E-state index contributed by atoms with van der Waals surface area (Å²) in [6.07, 6.45) is 1.63. The number of carboxylic acids is 2. The van der Waals surface area contributed by atoms with E-state index in [1.54, 1.807) is 24.3 Å². The number of aliphatic imine (C=N–C) groups is 2. The van der Waals surface area contributed by atoms with Gasteiger partial charge in [0.05, 0.1) is 5.92 Å². The number of carboxylic acid groups (broad SMARTS) is 2. The molecule has 2 heterocycles. The summed E-state index contributed by atoms with van der Waals surface area (Å²) < 4.78 is 0. The third kappa shape index (κ3) is 5.90. The van der Waals surface area contributed by atoms with Crippen LogP contribution in [0.15, 0.2) is 34.3 Å². The first kappa shape index (κ1) is 22.9. The lowest BCUT2D eigenvalue weighted by molar-refractivity contribution is -0.140. The molecule has 3 rings (SSSR count). The number of carbonyl (C=O) groups excluding carboxylic acids is 2. The number of hydrogen-bond acceptors (Lipinski definition) is 7. The molecule has 0 saturated heterocycles. The molecule has 0 unspecified atom stereocenters. The number of guanidine groups is 1. The molecule has 1 aromatic carbocycles. The summed E-state index contributed by atoms with van der Waals surface area (Å²) in [4.78, 5) is 54.8. The minimum absolute atomic E-state index is 0.0733. The van der Waals surface area contributed by atoms with Crippen LogP contribution in [0.2, 0.25) is 0 Å². The van der Waals surface area contributed by atoms with Crippen molar-refractivity contribution in [3.05, 3.63) is 35.4 Å². The number of amides is 2. The third-order valence-corrected chi connectivity index (χ3v) is 5.50. The number of benzene rings is 1. The monoisotopic (exact) mass is 443 g/mol. The summed E-state index contributed by atoms with van der Waals surface area (Å²) in [5.41, 5.74) is 6.84. The second-order valence-corrected chi connectivity index (χ2v) is 7.87. The van der Waals surface area contributed by atoms with E-state index in [2.05, 4.69) is 20.6 Å². The first-order chi connectivity index (χ1) is 15.2. The standard InChI is InChI=1S/C21H25N5O6/c22-21-25-17-14(19(30)26-21)9-12(10-23-17)2-1-11-3-5-13(6-4-11)18(29)24-15(20(31)32)7-8-16(27)28/h3-6,12,14-15H,1-2,7-10H2,(H,24,29)(H,27,28)(H,31,32)(H3,22,23,25,26,30)/t12-,14-,15+/m1/s1. The normalized spacial score (nSPS) is 20.8. The van der Waals surface area contributed by atoms with Crippen LogP contribution in [0.3, 0.4) is 0 Å². The summed E-state index contributed by atoms with van der Waals surface area (Å²) >= 11 is 0. The van der Waals surface area contributed by atoms with E-state index < -0.39 is 23.9 Å². The van der Waals surface area contributed by atoms with Crippen molar-refractivity contribution in [2.45, 2.75) is 38.1 Å². The van der Waals surface area contributed by atoms with Gasteiger partial charge in [-0.05, 0) is 49.3 Å². The Bertz CT molecular complexity index is 971. The Balaban J connectivity index is 1.52. The first-order valence-electron chi connectivity index (χ1n) is 10.3. The van der Waals surface area contributed by atoms with Gasteiger partial charge in [0.2, 0.25) is 11.9 Å². The number of aliphatic carboxylic acids is 2. The predicted molar refractivity (Wildman–Crippen MR) is 114 cm³/mol. The van der Waals surface area contributed by atoms with Crippen molar-refractivity contribution in [3.63, 3.8) is 0 Å². The van der Waals surface area contributed by atoms with Gasteiger partial charge in [0.1, 0.15) is 11.9 Å². The van der Waals surface area contributed by atoms with Gasteiger partial charge in [-0.2, -0.15) is 4.99 Å². The van der Waals surface area contributed by atoms with Gasteiger partial charge >= 0.3 is 11.9 Å². The van der Waals surface area contributed by atoms with Crippen LogP contribution in [-0.4, -0.2) is 58.3 Å². The molecule has 0 bridgehead atoms. The van der Waals surface area contributed by atoms with Crippen molar-refractivity contribution in [1.82, 2.24) is 10.6 Å². The highest BCUT2D eigenvalue weighted by molar-refractivity contribution is 6.16. The molecule has 11 nitrogen and oxygen atoms in total. The van der Waals surface area contributed by atoms with E-state index in [4.69, 9.17) is 15.9 Å². The molecule has 2 aliphatic rings. The fraction of sp³-hybridized carbons (Fsp3) is 0.429. The largest absolute Gasteiger partial charge is 0.481 e. The van der Waals surface area contributed by atoms with Crippen LogP contribution in [0.4, 0.5) is 0 Å². The lowest BCUT2D eigenvalue weighted by atomic mass is 9.85. The molecule has 0 fully saturated rings. The number of nitrogens with two attached hydrogens (primary N) is 1. The second kappa shape index (κ2) is 10.0. The highest BCUT2D eigenvalue weighted by Crippen LogP contribution is 2.26. The van der Waals surface area contributed by atoms with Crippen molar-refractivity contribution < 1.29 is 29.4 Å². The zero-order valence-electron chi connectivity index (χ0n) is 17.3. The zero-order valence-corrected chi connectivity index (χ0v) is 17.3. The molecule has 2 amide bonds. The molecule has 0 radical (unpaired) electrons. The number of fused-ring (bicyclic) bond motifs is 1. The van der Waals surface area contributed by atoms with Crippen LogP contribution in [-0.2, 0) is 20.8 Å². The van der Waals surface area contributed by atoms with Crippen LogP contribution in [0.25, 0.3) is 0 Å². The van der Waals surface area contributed by atoms with Gasteiger partial charge in [0.15, 0.2) is 0 Å². The molecule has 0 aromatic heterocycles. The Morgan fingerprint density at radius 1 is 1.22 bits per heavy atom. The van der Waals surface area contributed by atoms with E-state index in [0.29, 0.717) is 18.8 Å². The van der Waals surface area contributed by atoms with Gasteiger partial charge < -0.3 is 21.3 Å². The number of aryl methyl sites for hydroxylation is 1. The number of amidine groups is 1. The Morgan fingerprint density at radius 2 is 1.94 bits per heavy atom. The van der Waals surface area contributed by atoms with Crippen LogP contribution >= 0.6 is 0 Å². The van der Waals surface area contributed by atoms with Gasteiger partial charge in [-0.3, -0.25) is 24.7 Å². The van der Waals surface area contributed by atoms with Gasteiger partial charge in [-0.15, -0.1) is 0 Å². The van der Waals surface area contributed by atoms with Gasteiger partial charge in [0, 0.05) is 18.5 Å². The number of rotatable bonds is 9. The molecular formula is C21H25N5O6. The molecule has 2 aliphatic heterocycles. The van der Waals surface area contributed by atoms with Crippen LogP contribution in [0, 0.1) is 11.8 Å². The number of hydrogen-bond donors (Lipinski definition) is 5. The Morgan fingerprint density at radius 3 is 2.59 bits per heavy atom. The lowest BCUT2D eigenvalue weighted by Gasteiger charge is -2.29. The first-order valence-corrected chi connectivity index (χ1v) is 10.3. The topological polar surface area (TPSA) is 184 Å². The summed E-state index contributed by atoms with van der Waals surface area (Å²) in [6.45, 7) is 0.573. The van der Waals surface area contributed by atoms with E-state index in [0.717, 1.165) is 18.4 Å². The van der Waals surface area contributed by atoms with Crippen molar-refractivity contribution in [2.24, 2.45) is 27.6 Å². The fourth-order valence-corrected chi connectivity index (χ4v) is 3.72. The second-order valence-electron chi connectivity index (χ2n) is 7.87. The summed E-state index contributed by atoms with van der Waals surface area (Å²) in [5.74, 6) is -2.77. The highest BCUT2D eigenvalue weighted by Gasteiger charge is 2.34. The Kier molecular flexibility index (Phi) is 7.18. The quantitative estimate of drug-likeness (QED) is 0.359. The molecule has 6 N–H and O–H groups in total. The third-order valence-electron chi connectivity index (χ3n) is 5.50. The minimum atomic E-state index is -1.28. The SMILES string of the molecule is NC1=NC2=NC[C@H](CCc3ccc(C(=O)N[C@@H](CCC(=O)O)C(=O)O)cc3)C[C@H]2C(=O)N1. The maximum atomic E-state index is 12.3. The Labute approximate surface area is 183 Å². The van der Waals surface area contributed by atoms with Gasteiger partial charge in [0.25, 0.3) is 5.91 Å². The van der Waals surface area contributed by atoms with Crippen molar-refractivity contribution in [2.75, 3.05) is 6.54 Å². The smallest absolute Gasteiger partial charge is 0.326 e. The number of nitrogens with zero attached hydrogens (tertiary/aromatic N) is 2. The molecular weight excluding hydrogens is 418 g/mol. The minimum Gasteiger partial charge on any atom is -0.481 e. The average molecular weight is 443 g/mol. The van der Waals surface area contributed by atoms with E-state index >= 15 is 0 Å². The molecule has 0 aliphatic carbocycles. The number of nitrogens with one attached hydrogen (secondary N) is 2. The molecule has 11 heteroatoms. The fourth-order valence-electron chi connectivity index (χ4n) is 3.72. The zero-order chi connectivity index (χ0) is 23.3. The highest BCUT2D eigenvalue weighted by atomic mass is 16.4. The van der Waals surface area contributed by atoms with E-state index in [-0.39, 0.29) is 42.1 Å². The molecule has 32 heavy (non-hydrogen) atoms. The maximum Gasteiger partial charge on any atom is 0.326 e. The van der Waals surface area contributed by atoms with Gasteiger partial charge in [-0.25, -0.2) is 4.79 Å². The molecule has 0 saturated carbocycles. The van der Waals surface area contributed by atoms with Crippen LogP contribution in [0.1, 0.15) is 41.6 Å². The maximum absolute atomic E-state index is 12.3. The summed E-state index contributed by atoms with van der Waals surface area (Å²) in [5, 5.41) is 22.8. The number of carbonyl (C=O) groups is 4. The average Bonchev–Trinajstić information content (AvgIpc) is 2.75. The van der Waals surface area contributed by atoms with Crippen molar-refractivity contribution in [3.8, 4) is 0 Å². The van der Waals surface area contributed by atoms with E-state index in [1.165, 1.54) is 0 Å². The Hall–Kier alpha value is -3.76. The lowest BCUT2D eigenvalue weighted by Crippen LogP contribution is -2.49. The molecule has 3 atom stereocenters. The molecule has 0 spiro atoms. The summed E-state index contributed by atoms with van der Waals surface area (Å²) in [6, 6.07) is 5.51. The predicted octanol–water partition coefficient (Wildman–Crippen LogP) is 0.146. The molecule has 170 valence electrons. The van der Waals surface area contributed by atoms with E-state index in [9.17, 15) is 19.2 Å².